The van der Waals surface area contributed by atoms with E-state index >= 15 is 0 Å². The Morgan fingerprint density at radius 2 is 1.70 bits per heavy atom. The number of hydrogen-bond donors (Lipinski definition) is 1. The van der Waals surface area contributed by atoms with Crippen LogP contribution >= 0.6 is 0 Å². The number of aryl methyl sites for hydroxylation is 2. The second kappa shape index (κ2) is 9.36. The summed E-state index contributed by atoms with van der Waals surface area (Å²) in [4.78, 5) is 22.4. The van der Waals surface area contributed by atoms with E-state index in [2.05, 4.69) is 5.32 Å². The fourth-order valence-corrected chi connectivity index (χ4v) is 4.91. The van der Waals surface area contributed by atoms with E-state index in [1.54, 1.807) is 0 Å². The number of nitrogens with zero attached hydrogens (tertiary/aromatic N) is 2. The number of nitro benzene ring substituents is 1. The number of nitrogens with one attached hydrogen (secondary N) is 1. The Kier molecular flexibility index (Phi) is 6.84. The van der Waals surface area contributed by atoms with E-state index in [9.17, 15) is 23.3 Å². The lowest BCUT2D eigenvalue weighted by atomic mass is 10.1. The van der Waals surface area contributed by atoms with Crippen LogP contribution in [0.5, 0.6) is 0 Å². The van der Waals surface area contributed by atoms with Crippen molar-refractivity contribution in [3.05, 3.63) is 69.8 Å². The Morgan fingerprint density at radius 1 is 1.10 bits per heavy atom. The second-order valence-electron chi connectivity index (χ2n) is 7.48. The van der Waals surface area contributed by atoms with Crippen molar-refractivity contribution in [2.24, 2.45) is 0 Å². The molecule has 30 heavy (non-hydrogen) atoms. The minimum absolute atomic E-state index is 0.0350. The van der Waals surface area contributed by atoms with Gasteiger partial charge in [0.25, 0.3) is 5.69 Å². The van der Waals surface area contributed by atoms with Crippen LogP contribution in [-0.4, -0.2) is 42.7 Å². The van der Waals surface area contributed by atoms with Crippen molar-refractivity contribution in [1.29, 1.82) is 0 Å². The van der Waals surface area contributed by atoms with Crippen molar-refractivity contribution < 1.29 is 18.1 Å². The van der Waals surface area contributed by atoms with Gasteiger partial charge in [-0.3, -0.25) is 14.9 Å². The lowest BCUT2D eigenvalue weighted by Gasteiger charge is -2.31. The quantitative estimate of drug-likeness (QED) is 0.535. The van der Waals surface area contributed by atoms with Gasteiger partial charge in [-0.25, -0.2) is 8.42 Å². The summed E-state index contributed by atoms with van der Waals surface area (Å²) in [6.07, 6.45) is 2.12. The van der Waals surface area contributed by atoms with E-state index < -0.39 is 14.9 Å². The second-order valence-corrected chi connectivity index (χ2v) is 9.42. The molecule has 0 unspecified atom stereocenters. The number of rotatable bonds is 7. The molecular formula is C21H25N3O5S. The molecule has 0 radical (unpaired) electrons. The van der Waals surface area contributed by atoms with Gasteiger partial charge in [0, 0.05) is 37.7 Å². The maximum absolute atomic E-state index is 12.7. The van der Waals surface area contributed by atoms with Crippen LogP contribution in [0.1, 0.15) is 30.4 Å². The minimum Gasteiger partial charge on any atom is -0.353 e. The third kappa shape index (κ3) is 5.43. The summed E-state index contributed by atoms with van der Waals surface area (Å²) in [5.41, 5.74) is 2.14. The molecule has 0 aromatic heterocycles. The molecule has 3 rings (SSSR count). The number of carbonyl (C=O) groups is 1. The summed E-state index contributed by atoms with van der Waals surface area (Å²) in [5, 5.41) is 13.7. The Hall–Kier alpha value is -2.78. The molecule has 0 atom stereocenters. The molecule has 1 saturated heterocycles. The Labute approximate surface area is 176 Å². The zero-order valence-electron chi connectivity index (χ0n) is 16.8. The molecule has 1 N–H and O–H groups in total. The van der Waals surface area contributed by atoms with Gasteiger partial charge in [0.2, 0.25) is 15.9 Å². The number of amides is 1. The molecule has 1 aliphatic heterocycles. The van der Waals surface area contributed by atoms with E-state index in [4.69, 9.17) is 0 Å². The van der Waals surface area contributed by atoms with Crippen molar-refractivity contribution in [2.45, 2.75) is 43.5 Å². The summed E-state index contributed by atoms with van der Waals surface area (Å²) >= 11 is 0. The van der Waals surface area contributed by atoms with Crippen molar-refractivity contribution in [3.8, 4) is 0 Å². The maximum Gasteiger partial charge on any atom is 0.269 e. The highest BCUT2D eigenvalue weighted by atomic mass is 32.2. The number of sulfonamides is 1. The van der Waals surface area contributed by atoms with Gasteiger partial charge in [-0.15, -0.1) is 0 Å². The van der Waals surface area contributed by atoms with Gasteiger partial charge in [-0.2, -0.15) is 4.31 Å². The first kappa shape index (κ1) is 21.9. The summed E-state index contributed by atoms with van der Waals surface area (Å²) in [6, 6.07) is 12.9. The predicted octanol–water partition coefficient (Wildman–Crippen LogP) is 2.81. The van der Waals surface area contributed by atoms with Crippen LogP contribution in [0.4, 0.5) is 5.69 Å². The first-order valence-corrected chi connectivity index (χ1v) is 11.3. The minimum atomic E-state index is -3.71. The number of hydrogen-bond acceptors (Lipinski definition) is 5. The average Bonchev–Trinajstić information content (AvgIpc) is 2.74. The van der Waals surface area contributed by atoms with Gasteiger partial charge < -0.3 is 5.32 Å². The Bertz CT molecular complexity index is 996. The summed E-state index contributed by atoms with van der Waals surface area (Å²) < 4.78 is 26.9. The largest absolute Gasteiger partial charge is 0.353 e. The molecule has 160 valence electrons. The van der Waals surface area contributed by atoms with Gasteiger partial charge in [0.1, 0.15) is 0 Å². The van der Waals surface area contributed by atoms with E-state index in [1.807, 2.05) is 31.2 Å². The van der Waals surface area contributed by atoms with E-state index in [-0.39, 0.29) is 22.5 Å². The van der Waals surface area contributed by atoms with Gasteiger partial charge >= 0.3 is 0 Å². The fraction of sp³-hybridized carbons (Fsp3) is 0.381. The highest BCUT2D eigenvalue weighted by molar-refractivity contribution is 7.89. The highest BCUT2D eigenvalue weighted by Crippen LogP contribution is 2.23. The number of carbonyl (C=O) groups excluding carboxylic acids is 1. The lowest BCUT2D eigenvalue weighted by Crippen LogP contribution is -2.46. The third-order valence-corrected chi connectivity index (χ3v) is 7.18. The summed E-state index contributed by atoms with van der Waals surface area (Å²) in [5.74, 6) is -0.0350. The van der Waals surface area contributed by atoms with Crippen LogP contribution in [-0.2, 0) is 21.2 Å². The zero-order valence-corrected chi connectivity index (χ0v) is 17.6. The first-order chi connectivity index (χ1) is 14.3. The van der Waals surface area contributed by atoms with Gasteiger partial charge in [0.05, 0.1) is 9.82 Å². The van der Waals surface area contributed by atoms with Gasteiger partial charge in [-0.1, -0.05) is 29.8 Å². The number of non-ortho nitro benzene ring substituents is 1. The first-order valence-electron chi connectivity index (χ1n) is 9.85. The van der Waals surface area contributed by atoms with E-state index in [1.165, 1.54) is 34.1 Å². The Balaban J connectivity index is 1.49. The van der Waals surface area contributed by atoms with Gasteiger partial charge in [-0.05, 0) is 43.9 Å². The maximum atomic E-state index is 12.7. The highest BCUT2D eigenvalue weighted by Gasteiger charge is 2.30. The summed E-state index contributed by atoms with van der Waals surface area (Å²) in [7, 11) is -3.71. The molecule has 2 aromatic rings. The molecule has 1 fully saturated rings. The van der Waals surface area contributed by atoms with Crippen LogP contribution < -0.4 is 5.32 Å². The lowest BCUT2D eigenvalue weighted by molar-refractivity contribution is -0.384. The van der Waals surface area contributed by atoms with Crippen molar-refractivity contribution in [2.75, 3.05) is 13.1 Å². The molecule has 0 saturated carbocycles. The number of nitro groups is 1. The Morgan fingerprint density at radius 3 is 2.27 bits per heavy atom. The third-order valence-electron chi connectivity index (χ3n) is 5.27. The smallest absolute Gasteiger partial charge is 0.269 e. The monoisotopic (exact) mass is 431 g/mol. The zero-order chi connectivity index (χ0) is 21.7. The molecule has 2 aromatic carbocycles. The van der Waals surface area contributed by atoms with Gasteiger partial charge in [0.15, 0.2) is 0 Å². The van der Waals surface area contributed by atoms with Crippen LogP contribution in [0.2, 0.25) is 0 Å². The van der Waals surface area contributed by atoms with Crippen LogP contribution in [0.25, 0.3) is 0 Å². The van der Waals surface area contributed by atoms with Crippen molar-refractivity contribution in [1.82, 2.24) is 9.62 Å². The molecule has 0 bridgehead atoms. The molecular weight excluding hydrogens is 406 g/mol. The number of benzene rings is 2. The molecule has 8 nitrogen and oxygen atoms in total. The molecule has 9 heteroatoms. The molecule has 0 aliphatic carbocycles. The van der Waals surface area contributed by atoms with Crippen molar-refractivity contribution in [3.63, 3.8) is 0 Å². The predicted molar refractivity (Wildman–Crippen MR) is 113 cm³/mol. The fourth-order valence-electron chi connectivity index (χ4n) is 3.44. The normalized spacial score (nSPS) is 15.6. The summed E-state index contributed by atoms with van der Waals surface area (Å²) in [6.45, 7) is 2.61. The van der Waals surface area contributed by atoms with Crippen molar-refractivity contribution >= 4 is 21.6 Å². The van der Waals surface area contributed by atoms with Crippen LogP contribution in [0, 0.1) is 17.0 Å². The molecule has 0 spiro atoms. The molecule has 1 aliphatic rings. The standard InChI is InChI=1S/C21H25N3O5S/c1-16-2-4-17(5-3-16)6-11-21(25)22-18-12-14-23(15-13-18)30(28,29)20-9-7-19(8-10-20)24(26)27/h2-5,7-10,18H,6,11-15H2,1H3,(H,22,25). The SMILES string of the molecule is Cc1ccc(CCC(=O)NC2CCN(S(=O)(=O)c3ccc([N+](=O)[O-])cc3)CC2)cc1. The van der Waals surface area contributed by atoms with Crippen LogP contribution in [0.15, 0.2) is 53.4 Å². The van der Waals surface area contributed by atoms with Crippen LogP contribution in [0.3, 0.4) is 0 Å². The van der Waals surface area contributed by atoms with E-state index in [0.717, 1.165) is 5.56 Å². The average molecular weight is 432 g/mol. The molecule has 1 heterocycles. The molecule has 1 amide bonds. The topological polar surface area (TPSA) is 110 Å². The number of piperidine rings is 1. The van der Waals surface area contributed by atoms with E-state index in [0.29, 0.717) is 38.8 Å².